The van der Waals surface area contributed by atoms with Crippen LogP contribution in [0.5, 0.6) is 0 Å². The van der Waals surface area contributed by atoms with E-state index in [9.17, 15) is 8.42 Å². The fraction of sp³-hybridized carbons (Fsp3) is 0.500. The van der Waals surface area contributed by atoms with Gasteiger partial charge < -0.3 is 10.6 Å². The third kappa shape index (κ3) is 6.31. The summed E-state index contributed by atoms with van der Waals surface area (Å²) in [6, 6.07) is 6.88. The maximum absolute atomic E-state index is 12.7. The lowest BCUT2D eigenvalue weighted by atomic mass is 10.1. The second kappa shape index (κ2) is 9.16. The molecule has 0 aliphatic rings. The summed E-state index contributed by atoms with van der Waals surface area (Å²) in [5.41, 5.74) is 0.0528. The van der Waals surface area contributed by atoms with Crippen LogP contribution < -0.4 is 15.4 Å². The van der Waals surface area contributed by atoms with Gasteiger partial charge in [-0.1, -0.05) is 18.2 Å². The number of aromatic nitrogens is 3. The molecule has 0 radical (unpaired) electrons. The van der Waals surface area contributed by atoms with Crippen LogP contribution in [-0.4, -0.2) is 41.2 Å². The van der Waals surface area contributed by atoms with Crippen molar-refractivity contribution in [1.29, 1.82) is 0 Å². The molecule has 0 aliphatic carbocycles. The number of sulfonamides is 1. The smallest absolute Gasteiger partial charge is 0.241 e. The Morgan fingerprint density at radius 3 is 2.54 bits per heavy atom. The van der Waals surface area contributed by atoms with Crippen molar-refractivity contribution in [3.63, 3.8) is 0 Å². The first-order valence-electron chi connectivity index (χ1n) is 9.09. The number of nitrogens with zero attached hydrogens (tertiary/aromatic N) is 4. The molecule has 10 heteroatoms. The second-order valence-electron chi connectivity index (χ2n) is 7.31. The van der Waals surface area contributed by atoms with E-state index >= 15 is 0 Å². The van der Waals surface area contributed by atoms with Gasteiger partial charge in [-0.05, 0) is 39.3 Å². The number of benzene rings is 1. The maximum Gasteiger partial charge on any atom is 0.241 e. The zero-order chi connectivity index (χ0) is 20.8. The van der Waals surface area contributed by atoms with Gasteiger partial charge in [0.05, 0.1) is 18.0 Å². The standard InChI is InChI=1S/C18H29N7O2S/c1-6-19-17(21-12-16-22-13-23-25(16)5)20-11-14-9-7-8-10-15(14)28(26,27)24-18(2,3)4/h7-10,13,24H,6,11-12H2,1-5H3,(H2,19,20,21). The summed E-state index contributed by atoms with van der Waals surface area (Å²) < 4.78 is 29.9. The van der Waals surface area contributed by atoms with Gasteiger partial charge in [-0.15, -0.1) is 0 Å². The number of aliphatic imine (C=N–C) groups is 1. The van der Waals surface area contributed by atoms with E-state index < -0.39 is 15.6 Å². The molecule has 0 fully saturated rings. The van der Waals surface area contributed by atoms with E-state index in [2.05, 4.69) is 30.4 Å². The number of rotatable bonds is 7. The third-order valence-corrected chi connectivity index (χ3v) is 5.53. The van der Waals surface area contributed by atoms with Crippen LogP contribution in [0.2, 0.25) is 0 Å². The molecule has 154 valence electrons. The van der Waals surface area contributed by atoms with Gasteiger partial charge in [0.25, 0.3) is 0 Å². The van der Waals surface area contributed by atoms with E-state index in [-0.39, 0.29) is 11.4 Å². The van der Waals surface area contributed by atoms with Gasteiger partial charge >= 0.3 is 0 Å². The number of aryl methyl sites for hydroxylation is 1. The molecule has 2 rings (SSSR count). The third-order valence-electron chi connectivity index (χ3n) is 3.67. The molecule has 0 amide bonds. The van der Waals surface area contributed by atoms with Crippen LogP contribution in [0.25, 0.3) is 0 Å². The highest BCUT2D eigenvalue weighted by Crippen LogP contribution is 2.18. The Morgan fingerprint density at radius 1 is 1.21 bits per heavy atom. The predicted molar refractivity (Wildman–Crippen MR) is 109 cm³/mol. The Morgan fingerprint density at radius 2 is 1.93 bits per heavy atom. The van der Waals surface area contributed by atoms with Crippen LogP contribution in [-0.2, 0) is 30.2 Å². The van der Waals surface area contributed by atoms with E-state index in [4.69, 9.17) is 0 Å². The fourth-order valence-electron chi connectivity index (χ4n) is 2.50. The van der Waals surface area contributed by atoms with Crippen molar-refractivity contribution in [3.8, 4) is 0 Å². The first-order valence-corrected chi connectivity index (χ1v) is 10.6. The van der Waals surface area contributed by atoms with Gasteiger partial charge in [0, 0.05) is 19.1 Å². The Bertz CT molecular complexity index is 914. The zero-order valence-electron chi connectivity index (χ0n) is 17.0. The second-order valence-corrected chi connectivity index (χ2v) is 8.96. The Kier molecular flexibility index (Phi) is 7.14. The molecular formula is C18H29N7O2S. The monoisotopic (exact) mass is 407 g/mol. The molecule has 1 aromatic heterocycles. The lowest BCUT2D eigenvalue weighted by Gasteiger charge is -2.21. The Hall–Kier alpha value is -2.46. The lowest BCUT2D eigenvalue weighted by Crippen LogP contribution is -2.40. The van der Waals surface area contributed by atoms with Crippen LogP contribution >= 0.6 is 0 Å². The molecule has 0 saturated carbocycles. The van der Waals surface area contributed by atoms with E-state index in [1.165, 1.54) is 6.33 Å². The van der Waals surface area contributed by atoms with Crippen LogP contribution in [0.3, 0.4) is 0 Å². The van der Waals surface area contributed by atoms with Crippen LogP contribution in [0.1, 0.15) is 39.1 Å². The fourth-order valence-corrected chi connectivity index (χ4v) is 4.16. The minimum atomic E-state index is -3.64. The summed E-state index contributed by atoms with van der Waals surface area (Å²) in [5.74, 6) is 1.34. The van der Waals surface area contributed by atoms with Gasteiger partial charge in [0.15, 0.2) is 5.96 Å². The summed E-state index contributed by atoms with van der Waals surface area (Å²) in [6.45, 7) is 8.74. The van der Waals surface area contributed by atoms with Crippen molar-refractivity contribution in [1.82, 2.24) is 30.1 Å². The van der Waals surface area contributed by atoms with E-state index in [1.54, 1.807) is 28.9 Å². The van der Waals surface area contributed by atoms with E-state index in [1.807, 2.05) is 34.7 Å². The Labute approximate surface area is 166 Å². The molecule has 3 N–H and O–H groups in total. The van der Waals surface area contributed by atoms with Gasteiger partial charge in [-0.2, -0.15) is 5.10 Å². The van der Waals surface area contributed by atoms with Crippen molar-refractivity contribution in [3.05, 3.63) is 42.0 Å². The molecule has 28 heavy (non-hydrogen) atoms. The zero-order valence-corrected chi connectivity index (χ0v) is 17.8. The van der Waals surface area contributed by atoms with Crippen molar-refractivity contribution in [2.24, 2.45) is 12.0 Å². The van der Waals surface area contributed by atoms with Gasteiger partial charge in [0.2, 0.25) is 10.0 Å². The maximum atomic E-state index is 12.7. The number of hydrogen-bond donors (Lipinski definition) is 3. The molecule has 0 atom stereocenters. The summed E-state index contributed by atoms with van der Waals surface area (Å²) in [7, 11) is -1.83. The van der Waals surface area contributed by atoms with E-state index in [0.29, 0.717) is 24.6 Å². The number of hydrogen-bond acceptors (Lipinski definition) is 5. The van der Waals surface area contributed by atoms with Crippen molar-refractivity contribution >= 4 is 16.0 Å². The van der Waals surface area contributed by atoms with Crippen LogP contribution in [0.4, 0.5) is 0 Å². The summed E-state index contributed by atoms with van der Waals surface area (Å²) >= 11 is 0. The largest absolute Gasteiger partial charge is 0.357 e. The quantitative estimate of drug-likeness (QED) is 0.469. The highest BCUT2D eigenvalue weighted by Gasteiger charge is 2.24. The molecule has 1 aromatic carbocycles. The molecule has 0 bridgehead atoms. The van der Waals surface area contributed by atoms with Crippen molar-refractivity contribution < 1.29 is 8.42 Å². The average molecular weight is 408 g/mol. The summed E-state index contributed by atoms with van der Waals surface area (Å²) in [6.07, 6.45) is 1.49. The lowest BCUT2D eigenvalue weighted by molar-refractivity contribution is 0.491. The molecule has 1 heterocycles. The number of guanidine groups is 1. The normalized spacial score (nSPS) is 12.8. The average Bonchev–Trinajstić information content (AvgIpc) is 3.00. The SMILES string of the molecule is CCNC(=NCc1ccccc1S(=O)(=O)NC(C)(C)C)NCc1ncnn1C. The molecule has 9 nitrogen and oxygen atoms in total. The van der Waals surface area contributed by atoms with Crippen LogP contribution in [0.15, 0.2) is 40.5 Å². The summed E-state index contributed by atoms with van der Waals surface area (Å²) in [5, 5.41) is 10.4. The first-order chi connectivity index (χ1) is 13.1. The Balaban J connectivity index is 2.19. The molecular weight excluding hydrogens is 378 g/mol. The van der Waals surface area contributed by atoms with Crippen molar-refractivity contribution in [2.75, 3.05) is 6.54 Å². The van der Waals surface area contributed by atoms with Gasteiger partial charge in [-0.3, -0.25) is 4.68 Å². The molecule has 2 aromatic rings. The predicted octanol–water partition coefficient (Wildman–Crippen LogP) is 1.15. The highest BCUT2D eigenvalue weighted by molar-refractivity contribution is 7.89. The minimum Gasteiger partial charge on any atom is -0.357 e. The molecule has 0 spiro atoms. The van der Waals surface area contributed by atoms with E-state index in [0.717, 1.165) is 5.82 Å². The van der Waals surface area contributed by atoms with Gasteiger partial charge in [0.1, 0.15) is 12.2 Å². The molecule has 0 unspecified atom stereocenters. The van der Waals surface area contributed by atoms with Crippen LogP contribution in [0, 0.1) is 0 Å². The minimum absolute atomic E-state index is 0.218. The summed E-state index contributed by atoms with van der Waals surface area (Å²) in [4.78, 5) is 8.93. The topological polar surface area (TPSA) is 113 Å². The van der Waals surface area contributed by atoms with Crippen molar-refractivity contribution in [2.45, 2.75) is 51.2 Å². The molecule has 0 aliphatic heterocycles. The first kappa shape index (κ1) is 21.8. The van der Waals surface area contributed by atoms with Gasteiger partial charge in [-0.25, -0.2) is 23.1 Å². The molecule has 0 saturated heterocycles. The number of nitrogens with one attached hydrogen (secondary N) is 3. The highest BCUT2D eigenvalue weighted by atomic mass is 32.2.